The number of carbonyl (C=O) groups excluding carboxylic acids is 1. The molecule has 0 fully saturated rings. The molecule has 0 heterocycles. The van der Waals surface area contributed by atoms with Gasteiger partial charge < -0.3 is 14.4 Å². The Hall–Kier alpha value is -3.59. The number of nitrogens with zero attached hydrogens (tertiary/aromatic N) is 2. The molecule has 1 amide bonds. The molecule has 0 spiro atoms. The summed E-state index contributed by atoms with van der Waals surface area (Å²) in [5.74, 6) is 0.221. The number of anilines is 1. The van der Waals surface area contributed by atoms with Crippen LogP contribution in [0.3, 0.4) is 0 Å². The number of hydrogen-bond acceptors (Lipinski definition) is 5. The molecule has 3 aromatic carbocycles. The Balaban J connectivity index is 1.91. The van der Waals surface area contributed by atoms with E-state index in [9.17, 15) is 17.6 Å². The summed E-state index contributed by atoms with van der Waals surface area (Å²) in [5.41, 5.74) is 1.07. The lowest BCUT2D eigenvalue weighted by atomic mass is 10.2. The van der Waals surface area contributed by atoms with Crippen molar-refractivity contribution >= 4 is 21.6 Å². The third-order valence-electron chi connectivity index (χ3n) is 5.14. The zero-order valence-electron chi connectivity index (χ0n) is 19.3. The molecule has 9 heteroatoms. The van der Waals surface area contributed by atoms with Gasteiger partial charge in [0.2, 0.25) is 5.91 Å². The van der Waals surface area contributed by atoms with E-state index in [0.717, 1.165) is 22.0 Å². The normalized spacial score (nSPS) is 11.1. The monoisotopic (exact) mass is 486 g/mol. The van der Waals surface area contributed by atoms with Crippen LogP contribution in [0.2, 0.25) is 0 Å². The van der Waals surface area contributed by atoms with Crippen LogP contribution in [-0.2, 0) is 21.4 Å². The minimum absolute atomic E-state index is 0.122. The average Bonchev–Trinajstić information content (AvgIpc) is 2.83. The van der Waals surface area contributed by atoms with Crippen molar-refractivity contribution in [2.45, 2.75) is 18.4 Å². The highest BCUT2D eigenvalue weighted by atomic mass is 32.2. The van der Waals surface area contributed by atoms with Gasteiger partial charge in [-0.15, -0.1) is 0 Å². The number of ether oxygens (including phenoxy) is 2. The molecule has 3 rings (SSSR count). The van der Waals surface area contributed by atoms with Gasteiger partial charge in [0, 0.05) is 19.2 Å². The summed E-state index contributed by atoms with van der Waals surface area (Å²) in [5, 5.41) is 0. The number of para-hydroxylation sites is 1. The largest absolute Gasteiger partial charge is 0.496 e. The molecule has 7 nitrogen and oxygen atoms in total. The second-order valence-electron chi connectivity index (χ2n) is 7.45. The maximum atomic E-state index is 13.5. The quantitative estimate of drug-likeness (QED) is 0.432. The van der Waals surface area contributed by atoms with Gasteiger partial charge >= 0.3 is 0 Å². The maximum Gasteiger partial charge on any atom is 0.264 e. The highest BCUT2D eigenvalue weighted by Crippen LogP contribution is 2.27. The topological polar surface area (TPSA) is 76.2 Å². The number of benzene rings is 3. The molecule has 0 aromatic heterocycles. The van der Waals surface area contributed by atoms with E-state index in [1.165, 1.54) is 17.0 Å². The third kappa shape index (κ3) is 5.85. The van der Waals surface area contributed by atoms with Gasteiger partial charge in [0.25, 0.3) is 10.0 Å². The van der Waals surface area contributed by atoms with Gasteiger partial charge in [0.1, 0.15) is 23.9 Å². The van der Waals surface area contributed by atoms with Crippen LogP contribution in [0.15, 0.2) is 77.7 Å². The smallest absolute Gasteiger partial charge is 0.264 e. The summed E-state index contributed by atoms with van der Waals surface area (Å²) < 4.78 is 52.1. The third-order valence-corrected chi connectivity index (χ3v) is 6.93. The summed E-state index contributed by atoms with van der Waals surface area (Å²) in [4.78, 5) is 14.4. The summed E-state index contributed by atoms with van der Waals surface area (Å²) in [7, 11) is -1.02. The zero-order valence-corrected chi connectivity index (χ0v) is 20.1. The predicted molar refractivity (Wildman–Crippen MR) is 128 cm³/mol. The van der Waals surface area contributed by atoms with Gasteiger partial charge in [0.15, 0.2) is 0 Å². The number of rotatable bonds is 10. The van der Waals surface area contributed by atoms with Crippen LogP contribution in [-0.4, -0.2) is 46.5 Å². The number of hydrogen-bond donors (Lipinski definition) is 0. The first-order chi connectivity index (χ1) is 16.3. The van der Waals surface area contributed by atoms with Crippen LogP contribution in [0.4, 0.5) is 10.1 Å². The first kappa shape index (κ1) is 25.0. The van der Waals surface area contributed by atoms with Crippen LogP contribution in [0, 0.1) is 5.82 Å². The average molecular weight is 487 g/mol. The Bertz CT molecular complexity index is 1210. The molecule has 0 aliphatic heterocycles. The number of amides is 1. The Morgan fingerprint density at radius 2 is 1.62 bits per heavy atom. The Kier molecular flexibility index (Phi) is 8.12. The second-order valence-corrected chi connectivity index (χ2v) is 9.32. The number of carbonyl (C=O) groups is 1. The summed E-state index contributed by atoms with van der Waals surface area (Å²) in [6, 6.07) is 18.2. The van der Waals surface area contributed by atoms with E-state index < -0.39 is 28.3 Å². The molecule has 0 atom stereocenters. The lowest BCUT2D eigenvalue weighted by Gasteiger charge is -2.27. The maximum absolute atomic E-state index is 13.5. The number of halogens is 1. The Morgan fingerprint density at radius 1 is 0.971 bits per heavy atom. The van der Waals surface area contributed by atoms with Crippen molar-refractivity contribution in [2.75, 3.05) is 31.6 Å². The molecule has 0 aliphatic rings. The zero-order chi connectivity index (χ0) is 24.7. The molecule has 0 bridgehead atoms. The van der Waals surface area contributed by atoms with E-state index >= 15 is 0 Å². The fraction of sp³-hybridized carbons (Fsp3) is 0.240. The highest BCUT2D eigenvalue weighted by molar-refractivity contribution is 7.92. The standard InChI is InChI=1S/C25H27FN2O5S/c1-4-33-22-13-11-21(12-14-22)28(34(30,31)23-15-9-20(26)10-16-23)18-25(29)27(2)17-19-7-5-6-8-24(19)32-3/h5-16H,4,17-18H2,1-3H3. The second kappa shape index (κ2) is 11.0. The van der Waals surface area contributed by atoms with E-state index in [1.807, 2.05) is 25.1 Å². The Labute approximate surface area is 199 Å². The summed E-state index contributed by atoms with van der Waals surface area (Å²) in [6.07, 6.45) is 0. The van der Waals surface area contributed by atoms with Crippen LogP contribution in [0.25, 0.3) is 0 Å². The van der Waals surface area contributed by atoms with Crippen LogP contribution in [0.5, 0.6) is 11.5 Å². The molecule has 0 unspecified atom stereocenters. The van der Waals surface area contributed by atoms with Gasteiger partial charge in [-0.3, -0.25) is 9.10 Å². The number of likely N-dealkylation sites (N-methyl/N-ethyl adjacent to an activating group) is 1. The summed E-state index contributed by atoms with van der Waals surface area (Å²) >= 11 is 0. The highest BCUT2D eigenvalue weighted by Gasteiger charge is 2.28. The van der Waals surface area contributed by atoms with Crippen LogP contribution < -0.4 is 13.8 Å². The van der Waals surface area contributed by atoms with Crippen molar-refractivity contribution in [1.82, 2.24) is 4.90 Å². The van der Waals surface area contributed by atoms with Gasteiger partial charge in [-0.05, 0) is 61.5 Å². The van der Waals surface area contributed by atoms with Crippen LogP contribution in [0.1, 0.15) is 12.5 Å². The fourth-order valence-electron chi connectivity index (χ4n) is 3.34. The van der Waals surface area contributed by atoms with Crippen molar-refractivity contribution in [2.24, 2.45) is 0 Å². The molecule has 0 saturated carbocycles. The van der Waals surface area contributed by atoms with E-state index in [2.05, 4.69) is 0 Å². The first-order valence-corrected chi connectivity index (χ1v) is 12.1. The molecule has 3 aromatic rings. The number of sulfonamides is 1. The lowest BCUT2D eigenvalue weighted by Crippen LogP contribution is -2.41. The van der Waals surface area contributed by atoms with Crippen molar-refractivity contribution in [3.8, 4) is 11.5 Å². The minimum Gasteiger partial charge on any atom is -0.496 e. The first-order valence-electron chi connectivity index (χ1n) is 10.6. The van der Waals surface area contributed by atoms with E-state index in [-0.39, 0.29) is 17.1 Å². The van der Waals surface area contributed by atoms with Gasteiger partial charge in [-0.2, -0.15) is 0 Å². The van der Waals surface area contributed by atoms with Gasteiger partial charge in [-0.1, -0.05) is 18.2 Å². The van der Waals surface area contributed by atoms with Crippen molar-refractivity contribution in [1.29, 1.82) is 0 Å². The van der Waals surface area contributed by atoms with Gasteiger partial charge in [-0.25, -0.2) is 12.8 Å². The van der Waals surface area contributed by atoms with Crippen molar-refractivity contribution in [3.63, 3.8) is 0 Å². The van der Waals surface area contributed by atoms with Crippen molar-refractivity contribution < 1.29 is 27.1 Å². The predicted octanol–water partition coefficient (Wildman–Crippen LogP) is 4.09. The molecule has 0 aliphatic carbocycles. The molecule has 180 valence electrons. The molecule has 0 N–H and O–H groups in total. The van der Waals surface area contributed by atoms with Gasteiger partial charge in [0.05, 0.1) is 24.3 Å². The molecule has 34 heavy (non-hydrogen) atoms. The molecule has 0 saturated heterocycles. The van der Waals surface area contributed by atoms with E-state index in [1.54, 1.807) is 44.5 Å². The summed E-state index contributed by atoms with van der Waals surface area (Å²) in [6.45, 7) is 2.09. The molecular weight excluding hydrogens is 459 g/mol. The van der Waals surface area contributed by atoms with Crippen LogP contribution >= 0.6 is 0 Å². The number of methoxy groups -OCH3 is 1. The lowest BCUT2D eigenvalue weighted by molar-refractivity contribution is -0.128. The minimum atomic E-state index is -4.16. The van der Waals surface area contributed by atoms with E-state index in [0.29, 0.717) is 18.1 Å². The molecule has 0 radical (unpaired) electrons. The fourth-order valence-corrected chi connectivity index (χ4v) is 4.76. The molecular formula is C25H27FN2O5S. The SMILES string of the molecule is CCOc1ccc(N(CC(=O)N(C)Cc2ccccc2OC)S(=O)(=O)c2ccc(F)cc2)cc1. The Morgan fingerprint density at radius 3 is 2.24 bits per heavy atom. The van der Waals surface area contributed by atoms with Crippen molar-refractivity contribution in [3.05, 3.63) is 84.2 Å². The van der Waals surface area contributed by atoms with E-state index in [4.69, 9.17) is 9.47 Å².